The van der Waals surface area contributed by atoms with Crippen molar-refractivity contribution in [2.45, 2.75) is 50.2 Å². The Hall–Kier alpha value is -0.730. The number of hydrogen-bond donors (Lipinski definition) is 1. The van der Waals surface area contributed by atoms with Crippen molar-refractivity contribution in [3.63, 3.8) is 0 Å². The van der Waals surface area contributed by atoms with Crippen LogP contribution in [0.5, 0.6) is 0 Å². The number of nitrogens with one attached hydrogen (secondary N) is 1. The molecule has 3 rings (SSSR count). The molecule has 18 heavy (non-hydrogen) atoms. The summed E-state index contributed by atoms with van der Waals surface area (Å²) in [7, 11) is 2.09. The van der Waals surface area contributed by atoms with Crippen LogP contribution in [0, 0.1) is 0 Å². The van der Waals surface area contributed by atoms with Crippen LogP contribution in [-0.4, -0.2) is 25.2 Å². The van der Waals surface area contributed by atoms with Gasteiger partial charge in [0.1, 0.15) is 0 Å². The summed E-state index contributed by atoms with van der Waals surface area (Å²) in [5.41, 5.74) is 1.24. The molecule has 1 aromatic carbocycles. The van der Waals surface area contributed by atoms with E-state index in [1.807, 2.05) is 12.1 Å². The summed E-state index contributed by atoms with van der Waals surface area (Å²) in [5, 5.41) is 4.36. The number of para-hydroxylation sites is 1. The first-order chi connectivity index (χ1) is 8.79. The largest absolute Gasteiger partial charge is 0.364 e. The molecule has 0 saturated carbocycles. The maximum absolute atomic E-state index is 6.38. The molecular formula is C15H21ClN2. The molecule has 0 spiro atoms. The highest BCUT2D eigenvalue weighted by molar-refractivity contribution is 6.33. The number of hydrogen-bond acceptors (Lipinski definition) is 2. The summed E-state index contributed by atoms with van der Waals surface area (Å²) in [6.07, 6.45) is 6.48. The van der Waals surface area contributed by atoms with E-state index in [0.717, 1.165) is 5.02 Å². The lowest BCUT2D eigenvalue weighted by molar-refractivity contribution is 0.252. The Kier molecular flexibility index (Phi) is 3.49. The van der Waals surface area contributed by atoms with Crippen molar-refractivity contribution in [3.05, 3.63) is 29.3 Å². The summed E-state index contributed by atoms with van der Waals surface area (Å²) in [6, 6.07) is 10.3. The number of anilines is 1. The lowest BCUT2D eigenvalue weighted by Crippen LogP contribution is -2.56. The van der Waals surface area contributed by atoms with Crippen molar-refractivity contribution in [2.24, 2.45) is 0 Å². The summed E-state index contributed by atoms with van der Waals surface area (Å²) < 4.78 is 0. The SMILES string of the molecule is CNC1CC2CCCC(C1)N2c1ccccc1Cl. The highest BCUT2D eigenvalue weighted by Gasteiger charge is 2.38. The van der Waals surface area contributed by atoms with E-state index in [9.17, 15) is 0 Å². The second kappa shape index (κ2) is 5.10. The molecular weight excluding hydrogens is 244 g/mol. The summed E-state index contributed by atoms with van der Waals surface area (Å²) >= 11 is 6.38. The molecule has 0 aliphatic carbocycles. The van der Waals surface area contributed by atoms with Gasteiger partial charge in [-0.2, -0.15) is 0 Å². The first-order valence-electron chi connectivity index (χ1n) is 6.99. The molecule has 0 amide bonds. The maximum atomic E-state index is 6.38. The third-order valence-corrected chi connectivity index (χ3v) is 4.83. The zero-order valence-electron chi connectivity index (χ0n) is 10.9. The fraction of sp³-hybridized carbons (Fsp3) is 0.600. The van der Waals surface area contributed by atoms with Crippen molar-refractivity contribution < 1.29 is 0 Å². The minimum absolute atomic E-state index is 0.662. The van der Waals surface area contributed by atoms with Crippen LogP contribution in [0.25, 0.3) is 0 Å². The van der Waals surface area contributed by atoms with Crippen LogP contribution in [-0.2, 0) is 0 Å². The van der Waals surface area contributed by atoms with Crippen LogP contribution < -0.4 is 10.2 Å². The van der Waals surface area contributed by atoms with Gasteiger partial charge in [-0.15, -0.1) is 0 Å². The van der Waals surface area contributed by atoms with E-state index < -0.39 is 0 Å². The van der Waals surface area contributed by atoms with Crippen LogP contribution in [0.3, 0.4) is 0 Å². The molecule has 0 aromatic heterocycles. The Labute approximate surface area is 114 Å². The predicted molar refractivity (Wildman–Crippen MR) is 77.4 cm³/mol. The number of piperidine rings is 2. The van der Waals surface area contributed by atoms with Gasteiger partial charge >= 0.3 is 0 Å². The van der Waals surface area contributed by atoms with Crippen LogP contribution in [0.2, 0.25) is 5.02 Å². The third kappa shape index (κ3) is 2.12. The minimum Gasteiger partial charge on any atom is -0.364 e. The van der Waals surface area contributed by atoms with Gasteiger partial charge in [-0.25, -0.2) is 0 Å². The summed E-state index contributed by atoms with van der Waals surface area (Å²) in [6.45, 7) is 0. The van der Waals surface area contributed by atoms with Crippen LogP contribution in [0.15, 0.2) is 24.3 Å². The van der Waals surface area contributed by atoms with E-state index in [2.05, 4.69) is 29.4 Å². The Bertz CT molecular complexity index is 407. The molecule has 1 N–H and O–H groups in total. The third-order valence-electron chi connectivity index (χ3n) is 4.51. The van der Waals surface area contributed by atoms with E-state index in [1.54, 1.807) is 0 Å². The van der Waals surface area contributed by atoms with Gasteiger partial charge in [-0.1, -0.05) is 23.7 Å². The molecule has 2 aliphatic rings. The zero-order chi connectivity index (χ0) is 12.5. The number of rotatable bonds is 2. The van der Waals surface area contributed by atoms with Crippen molar-refractivity contribution >= 4 is 17.3 Å². The lowest BCUT2D eigenvalue weighted by atomic mass is 9.81. The predicted octanol–water partition coefficient (Wildman–Crippen LogP) is 3.45. The molecule has 0 radical (unpaired) electrons. The van der Waals surface area contributed by atoms with Gasteiger partial charge in [-0.05, 0) is 51.3 Å². The molecule has 2 bridgehead atoms. The van der Waals surface area contributed by atoms with Gasteiger partial charge in [0, 0.05) is 18.1 Å². The van der Waals surface area contributed by atoms with Crippen molar-refractivity contribution in [1.29, 1.82) is 0 Å². The van der Waals surface area contributed by atoms with Gasteiger partial charge in [0.15, 0.2) is 0 Å². The molecule has 2 aliphatic heterocycles. The molecule has 3 heteroatoms. The number of fused-ring (bicyclic) bond motifs is 2. The highest BCUT2D eigenvalue weighted by Crippen LogP contribution is 2.40. The number of benzene rings is 1. The molecule has 2 atom stereocenters. The normalized spacial score (nSPS) is 31.4. The molecule has 2 nitrogen and oxygen atoms in total. The molecule has 2 unspecified atom stereocenters. The van der Waals surface area contributed by atoms with E-state index >= 15 is 0 Å². The Morgan fingerprint density at radius 2 is 1.83 bits per heavy atom. The van der Waals surface area contributed by atoms with Gasteiger partial charge < -0.3 is 10.2 Å². The van der Waals surface area contributed by atoms with Gasteiger partial charge in [0.2, 0.25) is 0 Å². The van der Waals surface area contributed by atoms with E-state index in [0.29, 0.717) is 18.1 Å². The number of halogens is 1. The van der Waals surface area contributed by atoms with Crippen molar-refractivity contribution in [2.75, 3.05) is 11.9 Å². The number of nitrogens with zero attached hydrogens (tertiary/aromatic N) is 1. The van der Waals surface area contributed by atoms with Gasteiger partial charge in [0.25, 0.3) is 0 Å². The Balaban J connectivity index is 1.90. The zero-order valence-corrected chi connectivity index (χ0v) is 11.7. The fourth-order valence-electron chi connectivity index (χ4n) is 3.67. The average molecular weight is 265 g/mol. The Morgan fingerprint density at radius 1 is 1.17 bits per heavy atom. The summed E-state index contributed by atoms with van der Waals surface area (Å²) in [4.78, 5) is 2.60. The van der Waals surface area contributed by atoms with Crippen LogP contribution in [0.1, 0.15) is 32.1 Å². The average Bonchev–Trinajstić information content (AvgIpc) is 2.38. The quantitative estimate of drug-likeness (QED) is 0.880. The standard InChI is InChI=1S/C15H21ClN2/c1-17-11-9-12-5-4-6-13(10-11)18(12)15-8-3-2-7-14(15)16/h2-3,7-8,11-13,17H,4-6,9-10H2,1H3. The Morgan fingerprint density at radius 3 is 2.44 bits per heavy atom. The smallest absolute Gasteiger partial charge is 0.0639 e. The summed E-state index contributed by atoms with van der Waals surface area (Å²) in [5.74, 6) is 0. The topological polar surface area (TPSA) is 15.3 Å². The molecule has 1 aromatic rings. The second-order valence-electron chi connectivity index (χ2n) is 5.55. The van der Waals surface area contributed by atoms with E-state index in [1.165, 1.54) is 37.8 Å². The van der Waals surface area contributed by atoms with Crippen molar-refractivity contribution in [3.8, 4) is 0 Å². The van der Waals surface area contributed by atoms with Crippen LogP contribution >= 0.6 is 11.6 Å². The highest BCUT2D eigenvalue weighted by atomic mass is 35.5. The first-order valence-corrected chi connectivity index (χ1v) is 7.37. The lowest BCUT2D eigenvalue weighted by Gasteiger charge is -2.50. The fourth-order valence-corrected chi connectivity index (χ4v) is 3.90. The molecule has 2 fully saturated rings. The minimum atomic E-state index is 0.662. The van der Waals surface area contributed by atoms with E-state index in [-0.39, 0.29) is 0 Å². The first kappa shape index (κ1) is 12.3. The maximum Gasteiger partial charge on any atom is 0.0639 e. The molecule has 2 heterocycles. The van der Waals surface area contributed by atoms with Gasteiger partial charge in [0.05, 0.1) is 10.7 Å². The molecule has 98 valence electrons. The van der Waals surface area contributed by atoms with Gasteiger partial charge in [-0.3, -0.25) is 0 Å². The van der Waals surface area contributed by atoms with Crippen LogP contribution in [0.4, 0.5) is 5.69 Å². The second-order valence-corrected chi connectivity index (χ2v) is 5.96. The van der Waals surface area contributed by atoms with Crippen molar-refractivity contribution in [1.82, 2.24) is 5.32 Å². The monoisotopic (exact) mass is 264 g/mol. The molecule has 2 saturated heterocycles. The van der Waals surface area contributed by atoms with E-state index in [4.69, 9.17) is 11.6 Å².